The number of anilines is 1. The SMILES string of the molecule is Cc1cc(OCC(=O)N2CCN(c3ccccn3)CC2)ccc1Br. The fourth-order valence-corrected chi connectivity index (χ4v) is 2.92. The van der Waals surface area contributed by atoms with E-state index >= 15 is 0 Å². The number of nitrogens with zero attached hydrogens (tertiary/aromatic N) is 3. The van der Waals surface area contributed by atoms with Crippen molar-refractivity contribution in [2.45, 2.75) is 6.92 Å². The van der Waals surface area contributed by atoms with Crippen LogP contribution in [-0.4, -0.2) is 48.6 Å². The number of amides is 1. The van der Waals surface area contributed by atoms with E-state index in [4.69, 9.17) is 4.74 Å². The smallest absolute Gasteiger partial charge is 0.260 e. The number of rotatable bonds is 4. The van der Waals surface area contributed by atoms with Crippen LogP contribution in [0, 0.1) is 6.92 Å². The number of halogens is 1. The molecule has 126 valence electrons. The van der Waals surface area contributed by atoms with E-state index in [9.17, 15) is 4.79 Å². The van der Waals surface area contributed by atoms with Crippen LogP contribution in [0.1, 0.15) is 5.56 Å². The summed E-state index contributed by atoms with van der Waals surface area (Å²) in [6, 6.07) is 11.6. The van der Waals surface area contributed by atoms with E-state index in [2.05, 4.69) is 25.8 Å². The molecule has 2 aromatic rings. The Bertz CT molecular complexity index is 701. The molecule has 24 heavy (non-hydrogen) atoms. The molecule has 0 bridgehead atoms. The monoisotopic (exact) mass is 389 g/mol. The van der Waals surface area contributed by atoms with Crippen molar-refractivity contribution in [3.63, 3.8) is 0 Å². The summed E-state index contributed by atoms with van der Waals surface area (Å²) in [4.78, 5) is 20.7. The van der Waals surface area contributed by atoms with Gasteiger partial charge in [-0.3, -0.25) is 4.79 Å². The predicted molar refractivity (Wildman–Crippen MR) is 97.4 cm³/mol. The number of aryl methyl sites for hydroxylation is 1. The Morgan fingerprint density at radius 1 is 1.21 bits per heavy atom. The highest BCUT2D eigenvalue weighted by Crippen LogP contribution is 2.21. The zero-order valence-corrected chi connectivity index (χ0v) is 15.2. The Hall–Kier alpha value is -2.08. The van der Waals surface area contributed by atoms with Gasteiger partial charge in [0.15, 0.2) is 6.61 Å². The molecule has 1 aromatic carbocycles. The lowest BCUT2D eigenvalue weighted by molar-refractivity contribution is -0.133. The van der Waals surface area contributed by atoms with Crippen LogP contribution in [-0.2, 0) is 4.79 Å². The number of pyridine rings is 1. The summed E-state index contributed by atoms with van der Waals surface area (Å²) in [5.41, 5.74) is 1.09. The third-order valence-electron chi connectivity index (χ3n) is 4.10. The number of ether oxygens (including phenoxy) is 1. The number of hydrogen-bond donors (Lipinski definition) is 0. The van der Waals surface area contributed by atoms with Gasteiger partial charge in [0.2, 0.25) is 0 Å². The van der Waals surface area contributed by atoms with Gasteiger partial charge in [0.05, 0.1) is 0 Å². The normalized spacial score (nSPS) is 14.6. The lowest BCUT2D eigenvalue weighted by Crippen LogP contribution is -2.50. The van der Waals surface area contributed by atoms with E-state index in [1.165, 1.54) is 0 Å². The fraction of sp³-hybridized carbons (Fsp3) is 0.333. The number of aromatic nitrogens is 1. The molecule has 1 saturated heterocycles. The van der Waals surface area contributed by atoms with Gasteiger partial charge >= 0.3 is 0 Å². The second-order valence-corrected chi connectivity index (χ2v) is 6.61. The molecule has 5 nitrogen and oxygen atoms in total. The fourth-order valence-electron chi connectivity index (χ4n) is 2.67. The highest BCUT2D eigenvalue weighted by atomic mass is 79.9. The lowest BCUT2D eigenvalue weighted by Gasteiger charge is -2.35. The molecule has 0 unspecified atom stereocenters. The maximum absolute atomic E-state index is 12.3. The van der Waals surface area contributed by atoms with Gasteiger partial charge in [-0.05, 0) is 42.8 Å². The molecule has 1 fully saturated rings. The Morgan fingerprint density at radius 2 is 2.00 bits per heavy atom. The first-order chi connectivity index (χ1) is 11.6. The van der Waals surface area contributed by atoms with E-state index in [1.807, 2.05) is 48.2 Å². The quantitative estimate of drug-likeness (QED) is 0.806. The average molecular weight is 390 g/mol. The summed E-state index contributed by atoms with van der Waals surface area (Å²) >= 11 is 3.46. The molecule has 0 atom stereocenters. The minimum absolute atomic E-state index is 0.0243. The van der Waals surface area contributed by atoms with Crippen LogP contribution >= 0.6 is 15.9 Å². The van der Waals surface area contributed by atoms with Crippen molar-refractivity contribution in [3.05, 3.63) is 52.6 Å². The third-order valence-corrected chi connectivity index (χ3v) is 4.99. The van der Waals surface area contributed by atoms with Crippen molar-refractivity contribution in [2.75, 3.05) is 37.7 Å². The van der Waals surface area contributed by atoms with Gasteiger partial charge in [-0.25, -0.2) is 4.98 Å². The number of piperazine rings is 1. The molecule has 1 aliphatic heterocycles. The Balaban J connectivity index is 1.49. The lowest BCUT2D eigenvalue weighted by atomic mass is 10.2. The average Bonchev–Trinajstić information content (AvgIpc) is 2.63. The van der Waals surface area contributed by atoms with Crippen molar-refractivity contribution in [1.29, 1.82) is 0 Å². The number of hydrogen-bond acceptors (Lipinski definition) is 4. The van der Waals surface area contributed by atoms with E-state index in [0.29, 0.717) is 13.1 Å². The van der Waals surface area contributed by atoms with E-state index in [0.717, 1.165) is 34.7 Å². The van der Waals surface area contributed by atoms with Gasteiger partial charge in [0, 0.05) is 36.8 Å². The van der Waals surface area contributed by atoms with Crippen LogP contribution in [0.25, 0.3) is 0 Å². The molecule has 1 aliphatic rings. The third kappa shape index (κ3) is 4.06. The van der Waals surface area contributed by atoms with Gasteiger partial charge < -0.3 is 14.5 Å². The molecule has 0 aliphatic carbocycles. The maximum Gasteiger partial charge on any atom is 0.260 e. The van der Waals surface area contributed by atoms with Gasteiger partial charge in [0.1, 0.15) is 11.6 Å². The first-order valence-corrected chi connectivity index (χ1v) is 8.75. The molecule has 6 heteroatoms. The molecular weight excluding hydrogens is 370 g/mol. The van der Waals surface area contributed by atoms with Crippen molar-refractivity contribution in [3.8, 4) is 5.75 Å². The topological polar surface area (TPSA) is 45.7 Å². The first-order valence-electron chi connectivity index (χ1n) is 7.96. The van der Waals surface area contributed by atoms with E-state index < -0.39 is 0 Å². The molecular formula is C18H20BrN3O2. The Labute approximate surface area is 150 Å². The summed E-state index contributed by atoms with van der Waals surface area (Å²) in [5, 5.41) is 0. The molecule has 0 saturated carbocycles. The Morgan fingerprint density at radius 3 is 2.67 bits per heavy atom. The number of carbonyl (C=O) groups excluding carboxylic acids is 1. The van der Waals surface area contributed by atoms with Crippen LogP contribution in [0.5, 0.6) is 5.75 Å². The van der Waals surface area contributed by atoms with E-state index in [-0.39, 0.29) is 12.5 Å². The van der Waals surface area contributed by atoms with Crippen molar-refractivity contribution < 1.29 is 9.53 Å². The van der Waals surface area contributed by atoms with Crippen molar-refractivity contribution in [1.82, 2.24) is 9.88 Å². The molecule has 1 amide bonds. The van der Waals surface area contributed by atoms with Gasteiger partial charge in [-0.15, -0.1) is 0 Å². The zero-order chi connectivity index (χ0) is 16.9. The summed E-state index contributed by atoms with van der Waals surface area (Å²) < 4.78 is 6.66. The summed E-state index contributed by atoms with van der Waals surface area (Å²) in [5.74, 6) is 1.71. The van der Waals surface area contributed by atoms with E-state index in [1.54, 1.807) is 6.20 Å². The molecule has 0 N–H and O–H groups in total. The zero-order valence-electron chi connectivity index (χ0n) is 13.6. The van der Waals surface area contributed by atoms with Crippen LogP contribution in [0.3, 0.4) is 0 Å². The number of benzene rings is 1. The van der Waals surface area contributed by atoms with Gasteiger partial charge in [0.25, 0.3) is 5.91 Å². The molecule has 0 spiro atoms. The summed E-state index contributed by atoms with van der Waals surface area (Å²) in [7, 11) is 0. The second-order valence-electron chi connectivity index (χ2n) is 5.76. The second kappa shape index (κ2) is 7.66. The van der Waals surface area contributed by atoms with Crippen molar-refractivity contribution in [2.24, 2.45) is 0 Å². The van der Waals surface area contributed by atoms with Crippen LogP contribution < -0.4 is 9.64 Å². The molecule has 0 radical (unpaired) electrons. The summed E-state index contributed by atoms with van der Waals surface area (Å²) in [6.45, 7) is 5.04. The number of carbonyl (C=O) groups is 1. The van der Waals surface area contributed by atoms with Crippen LogP contribution in [0.15, 0.2) is 47.1 Å². The minimum atomic E-state index is 0.0243. The molecule has 2 heterocycles. The minimum Gasteiger partial charge on any atom is -0.484 e. The highest BCUT2D eigenvalue weighted by molar-refractivity contribution is 9.10. The van der Waals surface area contributed by atoms with Gasteiger partial charge in [-0.1, -0.05) is 22.0 Å². The molecule has 1 aromatic heterocycles. The molecule has 3 rings (SSSR count). The predicted octanol–water partition coefficient (Wildman–Crippen LogP) is 2.88. The standard InChI is InChI=1S/C18H20BrN3O2/c1-14-12-15(5-6-16(14)19)24-13-18(23)22-10-8-21(9-11-22)17-4-2-3-7-20-17/h2-7,12H,8-11,13H2,1H3. The highest BCUT2D eigenvalue weighted by Gasteiger charge is 2.22. The first kappa shape index (κ1) is 16.8. The largest absolute Gasteiger partial charge is 0.484 e. The van der Waals surface area contributed by atoms with Crippen LogP contribution in [0.4, 0.5) is 5.82 Å². The van der Waals surface area contributed by atoms with Crippen LogP contribution in [0.2, 0.25) is 0 Å². The maximum atomic E-state index is 12.3. The van der Waals surface area contributed by atoms with Gasteiger partial charge in [-0.2, -0.15) is 0 Å². The Kier molecular flexibility index (Phi) is 5.35. The van der Waals surface area contributed by atoms with Crippen molar-refractivity contribution >= 4 is 27.7 Å². The summed E-state index contributed by atoms with van der Waals surface area (Å²) in [6.07, 6.45) is 1.79.